The maximum atomic E-state index is 12.1. The average molecular weight is 297 g/mol. The number of benzene rings is 2. The number of hydrogen-bond donors (Lipinski definition) is 1. The first-order chi connectivity index (χ1) is 10.5. The number of anilines is 1. The minimum absolute atomic E-state index is 0.00543. The lowest BCUT2D eigenvalue weighted by molar-refractivity contribution is -0.122. The monoisotopic (exact) mass is 297 g/mol. The number of carbonyl (C=O) groups excluding carboxylic acids is 2. The molecule has 2 aromatic rings. The van der Waals surface area contributed by atoms with E-state index in [0.29, 0.717) is 17.0 Å². The highest BCUT2D eigenvalue weighted by Crippen LogP contribution is 2.18. The van der Waals surface area contributed by atoms with Crippen molar-refractivity contribution in [2.75, 3.05) is 5.32 Å². The Balaban J connectivity index is 1.99. The van der Waals surface area contributed by atoms with Crippen LogP contribution in [-0.2, 0) is 4.79 Å². The summed E-state index contributed by atoms with van der Waals surface area (Å²) in [5.74, 6) is 0.449. The Kier molecular flexibility index (Phi) is 4.94. The van der Waals surface area contributed by atoms with Crippen LogP contribution < -0.4 is 10.1 Å². The van der Waals surface area contributed by atoms with Crippen LogP contribution in [0.15, 0.2) is 48.5 Å². The van der Waals surface area contributed by atoms with Gasteiger partial charge in [-0.15, -0.1) is 0 Å². The van der Waals surface area contributed by atoms with Crippen LogP contribution in [0.25, 0.3) is 0 Å². The number of amides is 1. The van der Waals surface area contributed by atoms with Crippen molar-refractivity contribution in [3.05, 3.63) is 59.7 Å². The number of aryl methyl sites for hydroxylation is 1. The summed E-state index contributed by atoms with van der Waals surface area (Å²) >= 11 is 0. The molecule has 0 radical (unpaired) electrons. The number of Topliss-reactive ketones (excluding diaryl/α,β-unsaturated/α-hetero) is 1. The van der Waals surface area contributed by atoms with E-state index in [1.165, 1.54) is 6.92 Å². The Morgan fingerprint density at radius 2 is 1.68 bits per heavy atom. The number of para-hydroxylation sites is 1. The van der Waals surface area contributed by atoms with Crippen molar-refractivity contribution in [1.82, 2.24) is 0 Å². The minimum Gasteiger partial charge on any atom is -0.481 e. The van der Waals surface area contributed by atoms with Crippen LogP contribution in [-0.4, -0.2) is 17.8 Å². The molecule has 1 atom stereocenters. The van der Waals surface area contributed by atoms with E-state index in [-0.39, 0.29) is 11.7 Å². The van der Waals surface area contributed by atoms with E-state index in [2.05, 4.69) is 5.32 Å². The van der Waals surface area contributed by atoms with Crippen LogP contribution >= 0.6 is 0 Å². The number of hydrogen-bond acceptors (Lipinski definition) is 3. The molecule has 0 aromatic heterocycles. The normalized spacial score (nSPS) is 11.6. The maximum Gasteiger partial charge on any atom is 0.265 e. The molecule has 4 nitrogen and oxygen atoms in total. The zero-order valence-corrected chi connectivity index (χ0v) is 12.9. The SMILES string of the molecule is CC(=O)c1ccc(NC(=O)[C@H](C)Oc2ccccc2C)cc1. The Bertz CT molecular complexity index is 677. The van der Waals surface area contributed by atoms with Gasteiger partial charge >= 0.3 is 0 Å². The molecule has 114 valence electrons. The van der Waals surface area contributed by atoms with Gasteiger partial charge in [0.05, 0.1) is 0 Å². The second-order valence-corrected chi connectivity index (χ2v) is 5.15. The topological polar surface area (TPSA) is 55.4 Å². The van der Waals surface area contributed by atoms with Crippen molar-refractivity contribution in [2.24, 2.45) is 0 Å². The van der Waals surface area contributed by atoms with Gasteiger partial charge in [0, 0.05) is 11.3 Å². The third-order valence-electron chi connectivity index (χ3n) is 3.33. The fourth-order valence-electron chi connectivity index (χ4n) is 1.96. The lowest BCUT2D eigenvalue weighted by Crippen LogP contribution is -2.30. The third kappa shape index (κ3) is 3.95. The largest absolute Gasteiger partial charge is 0.481 e. The predicted molar refractivity (Wildman–Crippen MR) is 86.3 cm³/mol. The molecule has 1 amide bonds. The standard InChI is InChI=1S/C18H19NO3/c1-12-6-4-5-7-17(12)22-14(3)18(21)19-16-10-8-15(9-11-16)13(2)20/h4-11,14H,1-3H3,(H,19,21)/t14-/m0/s1. The molecule has 0 aliphatic carbocycles. The summed E-state index contributed by atoms with van der Waals surface area (Å²) in [7, 11) is 0. The first kappa shape index (κ1) is 15.8. The molecule has 0 unspecified atom stereocenters. The van der Waals surface area contributed by atoms with E-state index in [9.17, 15) is 9.59 Å². The van der Waals surface area contributed by atoms with Gasteiger partial charge in [0.1, 0.15) is 5.75 Å². The van der Waals surface area contributed by atoms with Crippen molar-refractivity contribution in [2.45, 2.75) is 26.9 Å². The second-order valence-electron chi connectivity index (χ2n) is 5.15. The Morgan fingerprint density at radius 3 is 2.27 bits per heavy atom. The smallest absolute Gasteiger partial charge is 0.265 e. The van der Waals surface area contributed by atoms with Gasteiger partial charge in [-0.1, -0.05) is 18.2 Å². The molecule has 0 fully saturated rings. The van der Waals surface area contributed by atoms with E-state index in [1.54, 1.807) is 31.2 Å². The molecule has 0 aliphatic heterocycles. The Labute approximate surface area is 130 Å². The van der Waals surface area contributed by atoms with Gasteiger partial charge in [0.15, 0.2) is 11.9 Å². The molecule has 4 heteroatoms. The Morgan fingerprint density at radius 1 is 1.05 bits per heavy atom. The van der Waals surface area contributed by atoms with Crippen LogP contribution in [0.2, 0.25) is 0 Å². The van der Waals surface area contributed by atoms with Gasteiger partial charge in [0.2, 0.25) is 0 Å². The molecule has 0 spiro atoms. The maximum absolute atomic E-state index is 12.1. The highest BCUT2D eigenvalue weighted by atomic mass is 16.5. The highest BCUT2D eigenvalue weighted by molar-refractivity contribution is 5.96. The fraction of sp³-hybridized carbons (Fsp3) is 0.222. The summed E-state index contributed by atoms with van der Waals surface area (Å²) in [5.41, 5.74) is 2.23. The van der Waals surface area contributed by atoms with Gasteiger partial charge in [-0.05, 0) is 56.7 Å². The first-order valence-corrected chi connectivity index (χ1v) is 7.11. The van der Waals surface area contributed by atoms with E-state index in [0.717, 1.165) is 5.56 Å². The lowest BCUT2D eigenvalue weighted by atomic mass is 10.1. The molecule has 0 heterocycles. The molecule has 0 saturated heterocycles. The zero-order valence-electron chi connectivity index (χ0n) is 12.9. The first-order valence-electron chi connectivity index (χ1n) is 7.11. The van der Waals surface area contributed by atoms with E-state index >= 15 is 0 Å². The molecular weight excluding hydrogens is 278 g/mol. The van der Waals surface area contributed by atoms with E-state index in [4.69, 9.17) is 4.74 Å². The quantitative estimate of drug-likeness (QED) is 0.858. The van der Waals surface area contributed by atoms with Crippen LogP contribution in [0, 0.1) is 6.92 Å². The summed E-state index contributed by atoms with van der Waals surface area (Å²) in [6, 6.07) is 14.3. The van der Waals surface area contributed by atoms with Gasteiger partial charge in [0.25, 0.3) is 5.91 Å². The van der Waals surface area contributed by atoms with E-state index < -0.39 is 6.10 Å². The Hall–Kier alpha value is -2.62. The molecule has 0 aliphatic rings. The summed E-state index contributed by atoms with van der Waals surface area (Å²) in [5, 5.41) is 2.77. The number of rotatable bonds is 5. The predicted octanol–water partition coefficient (Wildman–Crippen LogP) is 3.60. The van der Waals surface area contributed by atoms with Crippen molar-refractivity contribution >= 4 is 17.4 Å². The van der Waals surface area contributed by atoms with Gasteiger partial charge in [-0.25, -0.2) is 0 Å². The summed E-state index contributed by atoms with van der Waals surface area (Å²) < 4.78 is 5.67. The van der Waals surface area contributed by atoms with Crippen molar-refractivity contribution < 1.29 is 14.3 Å². The van der Waals surface area contributed by atoms with Crippen molar-refractivity contribution in [3.8, 4) is 5.75 Å². The lowest BCUT2D eigenvalue weighted by Gasteiger charge is -2.16. The van der Waals surface area contributed by atoms with Crippen molar-refractivity contribution in [3.63, 3.8) is 0 Å². The number of carbonyl (C=O) groups is 2. The van der Waals surface area contributed by atoms with Gasteiger partial charge < -0.3 is 10.1 Å². The zero-order chi connectivity index (χ0) is 16.1. The average Bonchev–Trinajstić information content (AvgIpc) is 2.50. The highest BCUT2D eigenvalue weighted by Gasteiger charge is 2.15. The molecule has 2 rings (SSSR count). The summed E-state index contributed by atoms with van der Waals surface area (Å²) in [6.07, 6.45) is -0.617. The molecule has 0 saturated carbocycles. The number of nitrogens with one attached hydrogen (secondary N) is 1. The fourth-order valence-corrected chi connectivity index (χ4v) is 1.96. The second kappa shape index (κ2) is 6.89. The number of ether oxygens (including phenoxy) is 1. The third-order valence-corrected chi connectivity index (χ3v) is 3.33. The molecule has 0 bridgehead atoms. The minimum atomic E-state index is -0.617. The molecule has 2 aromatic carbocycles. The van der Waals surface area contributed by atoms with Gasteiger partial charge in [-0.2, -0.15) is 0 Å². The van der Waals surface area contributed by atoms with Crippen LogP contribution in [0.4, 0.5) is 5.69 Å². The molecule has 22 heavy (non-hydrogen) atoms. The van der Waals surface area contributed by atoms with E-state index in [1.807, 2.05) is 31.2 Å². The van der Waals surface area contributed by atoms with Gasteiger partial charge in [-0.3, -0.25) is 9.59 Å². The van der Waals surface area contributed by atoms with Crippen LogP contribution in [0.3, 0.4) is 0 Å². The van der Waals surface area contributed by atoms with Crippen LogP contribution in [0.1, 0.15) is 29.8 Å². The molecular formula is C18H19NO3. The summed E-state index contributed by atoms with van der Waals surface area (Å²) in [4.78, 5) is 23.4. The van der Waals surface area contributed by atoms with Crippen molar-refractivity contribution in [1.29, 1.82) is 0 Å². The summed E-state index contributed by atoms with van der Waals surface area (Å²) in [6.45, 7) is 5.14. The molecule has 1 N–H and O–H groups in total. The number of ketones is 1. The van der Waals surface area contributed by atoms with Crippen LogP contribution in [0.5, 0.6) is 5.75 Å².